The first kappa shape index (κ1) is 12.8. The molecule has 1 atom stereocenters. The van der Waals surface area contributed by atoms with E-state index < -0.39 is 0 Å². The average Bonchev–Trinajstić information content (AvgIpc) is 2.20. The Morgan fingerprint density at radius 3 is 2.56 bits per heavy atom. The second-order valence-electron chi connectivity index (χ2n) is 4.05. The molecule has 1 aromatic heterocycles. The van der Waals surface area contributed by atoms with Gasteiger partial charge in [0.15, 0.2) is 0 Å². The second-order valence-corrected chi connectivity index (χ2v) is 4.05. The molecule has 0 fully saturated rings. The van der Waals surface area contributed by atoms with Gasteiger partial charge >= 0.3 is 0 Å². The van der Waals surface area contributed by atoms with Crippen molar-refractivity contribution in [2.24, 2.45) is 0 Å². The molecule has 0 spiro atoms. The molecule has 1 heterocycles. The zero-order valence-corrected chi connectivity index (χ0v) is 10.4. The molecule has 0 amide bonds. The average molecular weight is 224 g/mol. The Labute approximate surface area is 97.0 Å². The Bertz CT molecular complexity index is 298. The minimum Gasteiger partial charge on any atom is -0.475 e. The van der Waals surface area contributed by atoms with Crippen LogP contribution in [0, 0.1) is 0 Å². The first-order chi connectivity index (χ1) is 7.61. The largest absolute Gasteiger partial charge is 0.475 e. The van der Waals surface area contributed by atoms with E-state index in [0.717, 1.165) is 5.69 Å². The molecule has 4 nitrogen and oxygen atoms in total. The highest BCUT2D eigenvalue weighted by Gasteiger charge is 2.02. The fraction of sp³-hybridized carbons (Fsp3) is 0.583. The summed E-state index contributed by atoms with van der Waals surface area (Å²) in [5.41, 5.74) is 0.973. The SMILES string of the molecule is COCC(C)Nc1ccc(OC(C)C)nc1. The maximum atomic E-state index is 5.46. The van der Waals surface area contributed by atoms with Crippen molar-refractivity contribution in [1.82, 2.24) is 4.98 Å². The van der Waals surface area contributed by atoms with Gasteiger partial charge in [-0.1, -0.05) is 0 Å². The smallest absolute Gasteiger partial charge is 0.213 e. The molecule has 0 aliphatic carbocycles. The summed E-state index contributed by atoms with van der Waals surface area (Å²) < 4.78 is 10.5. The van der Waals surface area contributed by atoms with Crippen LogP contribution in [0.5, 0.6) is 5.88 Å². The highest BCUT2D eigenvalue weighted by molar-refractivity contribution is 5.42. The monoisotopic (exact) mass is 224 g/mol. The molecule has 1 N–H and O–H groups in total. The molecule has 1 unspecified atom stereocenters. The molecular weight excluding hydrogens is 204 g/mol. The summed E-state index contributed by atoms with van der Waals surface area (Å²) in [5, 5.41) is 3.28. The minimum atomic E-state index is 0.152. The lowest BCUT2D eigenvalue weighted by molar-refractivity contribution is 0.190. The van der Waals surface area contributed by atoms with Crippen LogP contribution < -0.4 is 10.1 Å². The number of anilines is 1. The summed E-state index contributed by atoms with van der Waals surface area (Å²) in [6.45, 7) is 6.69. The van der Waals surface area contributed by atoms with Crippen LogP contribution >= 0.6 is 0 Å². The molecule has 0 radical (unpaired) electrons. The molecule has 0 aliphatic heterocycles. The Morgan fingerprint density at radius 2 is 2.06 bits per heavy atom. The van der Waals surface area contributed by atoms with E-state index in [2.05, 4.69) is 17.2 Å². The number of ether oxygens (including phenoxy) is 2. The molecule has 16 heavy (non-hydrogen) atoms. The summed E-state index contributed by atoms with van der Waals surface area (Å²) in [4.78, 5) is 4.21. The number of rotatable bonds is 6. The van der Waals surface area contributed by atoms with E-state index in [9.17, 15) is 0 Å². The van der Waals surface area contributed by atoms with Crippen LogP contribution in [0.4, 0.5) is 5.69 Å². The number of methoxy groups -OCH3 is 1. The summed E-state index contributed by atoms with van der Waals surface area (Å²) in [7, 11) is 1.69. The van der Waals surface area contributed by atoms with Gasteiger partial charge in [-0.15, -0.1) is 0 Å². The van der Waals surface area contributed by atoms with E-state index in [-0.39, 0.29) is 12.1 Å². The van der Waals surface area contributed by atoms with Crippen molar-refractivity contribution in [2.45, 2.75) is 32.9 Å². The van der Waals surface area contributed by atoms with Crippen molar-refractivity contribution in [3.8, 4) is 5.88 Å². The van der Waals surface area contributed by atoms with Crippen molar-refractivity contribution in [3.63, 3.8) is 0 Å². The van der Waals surface area contributed by atoms with Crippen molar-refractivity contribution < 1.29 is 9.47 Å². The third-order valence-electron chi connectivity index (χ3n) is 1.92. The van der Waals surface area contributed by atoms with E-state index in [1.54, 1.807) is 13.3 Å². The molecular formula is C12H20N2O2. The lowest BCUT2D eigenvalue weighted by atomic mass is 10.3. The Balaban J connectivity index is 2.50. The van der Waals surface area contributed by atoms with Crippen LogP contribution in [0.1, 0.15) is 20.8 Å². The highest BCUT2D eigenvalue weighted by atomic mass is 16.5. The molecule has 1 aromatic rings. The standard InChI is InChI=1S/C12H20N2O2/c1-9(2)16-12-6-5-11(7-13-12)14-10(3)8-15-4/h5-7,9-10,14H,8H2,1-4H3. The first-order valence-corrected chi connectivity index (χ1v) is 5.50. The van der Waals surface area contributed by atoms with E-state index in [0.29, 0.717) is 12.5 Å². The van der Waals surface area contributed by atoms with E-state index >= 15 is 0 Å². The Kier molecular flexibility index (Phi) is 5.05. The van der Waals surface area contributed by atoms with E-state index in [1.807, 2.05) is 26.0 Å². The van der Waals surface area contributed by atoms with Gasteiger partial charge in [-0.3, -0.25) is 0 Å². The molecule has 0 aliphatic rings. The van der Waals surface area contributed by atoms with Crippen molar-refractivity contribution in [3.05, 3.63) is 18.3 Å². The van der Waals surface area contributed by atoms with Crippen molar-refractivity contribution >= 4 is 5.69 Å². The Morgan fingerprint density at radius 1 is 1.31 bits per heavy atom. The zero-order chi connectivity index (χ0) is 12.0. The lowest BCUT2D eigenvalue weighted by Gasteiger charge is -2.14. The number of nitrogens with one attached hydrogen (secondary N) is 1. The fourth-order valence-electron chi connectivity index (χ4n) is 1.35. The van der Waals surface area contributed by atoms with Gasteiger partial charge in [0.05, 0.1) is 24.6 Å². The minimum absolute atomic E-state index is 0.152. The van der Waals surface area contributed by atoms with Gasteiger partial charge in [0.25, 0.3) is 0 Å². The summed E-state index contributed by atoms with van der Waals surface area (Å²) >= 11 is 0. The fourth-order valence-corrected chi connectivity index (χ4v) is 1.35. The molecule has 0 saturated carbocycles. The van der Waals surface area contributed by atoms with Crippen LogP contribution in [0.2, 0.25) is 0 Å². The van der Waals surface area contributed by atoms with Gasteiger partial charge < -0.3 is 14.8 Å². The zero-order valence-electron chi connectivity index (χ0n) is 10.4. The molecule has 0 saturated heterocycles. The quantitative estimate of drug-likeness (QED) is 0.805. The highest BCUT2D eigenvalue weighted by Crippen LogP contribution is 2.13. The second kappa shape index (κ2) is 6.33. The van der Waals surface area contributed by atoms with Gasteiger partial charge in [0, 0.05) is 19.2 Å². The van der Waals surface area contributed by atoms with Crippen molar-refractivity contribution in [2.75, 3.05) is 19.0 Å². The van der Waals surface area contributed by atoms with Crippen LogP contribution in [0.25, 0.3) is 0 Å². The normalized spacial score (nSPS) is 12.6. The number of aromatic nitrogens is 1. The molecule has 90 valence electrons. The van der Waals surface area contributed by atoms with Crippen LogP contribution in [0.3, 0.4) is 0 Å². The summed E-state index contributed by atoms with van der Waals surface area (Å²) in [5.74, 6) is 0.653. The van der Waals surface area contributed by atoms with Crippen LogP contribution in [-0.2, 0) is 4.74 Å². The number of hydrogen-bond donors (Lipinski definition) is 1. The van der Waals surface area contributed by atoms with Gasteiger partial charge in [0.2, 0.25) is 5.88 Å². The number of hydrogen-bond acceptors (Lipinski definition) is 4. The van der Waals surface area contributed by atoms with Gasteiger partial charge in [-0.05, 0) is 26.8 Å². The lowest BCUT2D eigenvalue weighted by Crippen LogP contribution is -2.20. The van der Waals surface area contributed by atoms with Gasteiger partial charge in [0.1, 0.15) is 0 Å². The maximum Gasteiger partial charge on any atom is 0.213 e. The summed E-state index contributed by atoms with van der Waals surface area (Å²) in [6.07, 6.45) is 1.92. The number of pyridine rings is 1. The Hall–Kier alpha value is -1.29. The third kappa shape index (κ3) is 4.49. The van der Waals surface area contributed by atoms with E-state index in [1.165, 1.54) is 0 Å². The predicted molar refractivity (Wildman–Crippen MR) is 65.0 cm³/mol. The van der Waals surface area contributed by atoms with Crippen LogP contribution in [0.15, 0.2) is 18.3 Å². The number of nitrogens with zero attached hydrogens (tertiary/aromatic N) is 1. The van der Waals surface area contributed by atoms with Crippen LogP contribution in [-0.4, -0.2) is 30.8 Å². The van der Waals surface area contributed by atoms with Gasteiger partial charge in [-0.2, -0.15) is 0 Å². The van der Waals surface area contributed by atoms with Crippen molar-refractivity contribution in [1.29, 1.82) is 0 Å². The third-order valence-corrected chi connectivity index (χ3v) is 1.92. The molecule has 1 rings (SSSR count). The molecule has 0 bridgehead atoms. The first-order valence-electron chi connectivity index (χ1n) is 5.50. The molecule has 4 heteroatoms. The maximum absolute atomic E-state index is 5.46. The van der Waals surface area contributed by atoms with Gasteiger partial charge in [-0.25, -0.2) is 4.98 Å². The summed E-state index contributed by atoms with van der Waals surface area (Å²) in [6, 6.07) is 4.09. The van der Waals surface area contributed by atoms with E-state index in [4.69, 9.17) is 9.47 Å². The molecule has 0 aromatic carbocycles. The predicted octanol–water partition coefficient (Wildman–Crippen LogP) is 2.32. The topological polar surface area (TPSA) is 43.4 Å².